The zero-order valence-electron chi connectivity index (χ0n) is 13.8. The summed E-state index contributed by atoms with van der Waals surface area (Å²) < 4.78 is 0. The number of nitrogens with one attached hydrogen (secondary N) is 1. The molecule has 1 heterocycles. The van der Waals surface area contributed by atoms with E-state index in [1.807, 2.05) is 0 Å². The molecule has 0 aromatic heterocycles. The highest BCUT2D eigenvalue weighted by atomic mass is 15.2. The first-order valence-electron chi connectivity index (χ1n) is 8.12. The second-order valence-electron chi connectivity index (χ2n) is 6.99. The molecule has 3 heteroatoms. The van der Waals surface area contributed by atoms with Crippen molar-refractivity contribution in [2.24, 2.45) is 11.8 Å². The third-order valence-corrected chi connectivity index (χ3v) is 4.09. The maximum atomic E-state index is 3.42. The summed E-state index contributed by atoms with van der Waals surface area (Å²) in [6.45, 7) is 16.6. The van der Waals surface area contributed by atoms with Gasteiger partial charge in [0, 0.05) is 45.3 Å². The highest BCUT2D eigenvalue weighted by Gasteiger charge is 2.18. The molecule has 1 rings (SSSR count). The van der Waals surface area contributed by atoms with Gasteiger partial charge in [-0.2, -0.15) is 0 Å². The first-order chi connectivity index (χ1) is 8.99. The summed E-state index contributed by atoms with van der Waals surface area (Å²) in [6.07, 6.45) is 2.66. The second-order valence-corrected chi connectivity index (χ2v) is 6.99. The van der Waals surface area contributed by atoms with Crippen molar-refractivity contribution < 1.29 is 0 Å². The van der Waals surface area contributed by atoms with Crippen LogP contribution in [-0.2, 0) is 0 Å². The first-order valence-corrected chi connectivity index (χ1v) is 8.12. The van der Waals surface area contributed by atoms with Crippen LogP contribution in [0.5, 0.6) is 0 Å². The minimum Gasteiger partial charge on any atom is -0.314 e. The third-order valence-electron chi connectivity index (χ3n) is 4.09. The predicted octanol–water partition coefficient (Wildman–Crippen LogP) is 2.28. The lowest BCUT2D eigenvalue weighted by Crippen LogP contribution is -2.47. The molecule has 1 saturated heterocycles. The molecule has 0 aliphatic carbocycles. The van der Waals surface area contributed by atoms with E-state index in [1.165, 1.54) is 39.0 Å². The smallest absolute Gasteiger partial charge is 0.0110 e. The van der Waals surface area contributed by atoms with E-state index in [-0.39, 0.29) is 0 Å². The number of nitrogens with zero attached hydrogens (tertiary/aromatic N) is 2. The van der Waals surface area contributed by atoms with Gasteiger partial charge in [0.2, 0.25) is 0 Å². The zero-order valence-corrected chi connectivity index (χ0v) is 13.8. The van der Waals surface area contributed by atoms with Gasteiger partial charge in [-0.1, -0.05) is 27.7 Å². The van der Waals surface area contributed by atoms with E-state index < -0.39 is 0 Å². The molecule has 1 aliphatic rings. The van der Waals surface area contributed by atoms with Gasteiger partial charge in [-0.05, 0) is 31.7 Å². The molecule has 1 N–H and O–H groups in total. The summed E-state index contributed by atoms with van der Waals surface area (Å²) in [4.78, 5) is 5.19. The van der Waals surface area contributed by atoms with Crippen LogP contribution in [0, 0.1) is 11.8 Å². The zero-order chi connectivity index (χ0) is 14.3. The van der Waals surface area contributed by atoms with Crippen LogP contribution in [-0.4, -0.2) is 62.2 Å². The van der Waals surface area contributed by atoms with E-state index in [0.717, 1.165) is 31.0 Å². The molecule has 0 amide bonds. The van der Waals surface area contributed by atoms with Gasteiger partial charge in [0.15, 0.2) is 0 Å². The number of piperazine rings is 1. The number of hydrogen-bond donors (Lipinski definition) is 1. The average Bonchev–Trinajstić information content (AvgIpc) is 2.35. The summed E-state index contributed by atoms with van der Waals surface area (Å²) in [5.74, 6) is 1.59. The fraction of sp³-hybridized carbons (Fsp3) is 1.00. The lowest BCUT2D eigenvalue weighted by Gasteiger charge is -2.34. The second kappa shape index (κ2) is 8.93. The molecule has 0 unspecified atom stereocenters. The molecule has 3 nitrogen and oxygen atoms in total. The Morgan fingerprint density at radius 1 is 1.00 bits per heavy atom. The summed E-state index contributed by atoms with van der Waals surface area (Å²) in [5.41, 5.74) is 0. The number of hydrogen-bond acceptors (Lipinski definition) is 3. The van der Waals surface area contributed by atoms with Crippen LogP contribution in [0.15, 0.2) is 0 Å². The van der Waals surface area contributed by atoms with Crippen LogP contribution in [0.4, 0.5) is 0 Å². The van der Waals surface area contributed by atoms with Crippen LogP contribution >= 0.6 is 0 Å². The van der Waals surface area contributed by atoms with Crippen molar-refractivity contribution in [3.05, 3.63) is 0 Å². The van der Waals surface area contributed by atoms with E-state index in [0.29, 0.717) is 0 Å². The van der Waals surface area contributed by atoms with Crippen LogP contribution in [0.2, 0.25) is 0 Å². The summed E-state index contributed by atoms with van der Waals surface area (Å²) in [7, 11) is 2.32. The molecule has 0 radical (unpaired) electrons. The highest BCUT2D eigenvalue weighted by Crippen LogP contribution is 2.18. The van der Waals surface area contributed by atoms with E-state index in [9.17, 15) is 0 Å². The molecular weight excluding hydrogens is 234 g/mol. The van der Waals surface area contributed by atoms with Crippen LogP contribution in [0.1, 0.15) is 40.5 Å². The molecule has 0 spiro atoms. The molecule has 114 valence electrons. The van der Waals surface area contributed by atoms with Gasteiger partial charge in [-0.15, -0.1) is 0 Å². The molecule has 0 bridgehead atoms. The highest BCUT2D eigenvalue weighted by molar-refractivity contribution is 4.75. The van der Waals surface area contributed by atoms with Crippen molar-refractivity contribution in [3.8, 4) is 0 Å². The number of likely N-dealkylation sites (N-methyl/N-ethyl adjacent to an activating group) is 1. The fourth-order valence-electron chi connectivity index (χ4n) is 2.96. The van der Waals surface area contributed by atoms with Gasteiger partial charge in [0.25, 0.3) is 0 Å². The normalized spacial score (nSPS) is 18.2. The maximum Gasteiger partial charge on any atom is 0.0110 e. The standard InChI is InChI=1S/C16H35N3/c1-14(2)12-16(13-15(3)4)18(5)10-11-19-8-6-17-7-9-19/h14-17H,6-13H2,1-5H3. The topological polar surface area (TPSA) is 18.5 Å². The van der Waals surface area contributed by atoms with Crippen LogP contribution in [0.3, 0.4) is 0 Å². The van der Waals surface area contributed by atoms with Crippen LogP contribution < -0.4 is 5.32 Å². The Morgan fingerprint density at radius 2 is 1.53 bits per heavy atom. The number of rotatable bonds is 8. The SMILES string of the molecule is CC(C)CC(CC(C)C)N(C)CCN1CCNCC1. The van der Waals surface area contributed by atoms with E-state index in [4.69, 9.17) is 0 Å². The molecule has 0 aromatic rings. The van der Waals surface area contributed by atoms with Crippen molar-refractivity contribution in [1.82, 2.24) is 15.1 Å². The van der Waals surface area contributed by atoms with Crippen molar-refractivity contribution in [2.45, 2.75) is 46.6 Å². The minimum absolute atomic E-state index is 0.753. The van der Waals surface area contributed by atoms with Gasteiger partial charge in [0.05, 0.1) is 0 Å². The average molecular weight is 269 g/mol. The summed E-state index contributed by atoms with van der Waals surface area (Å²) in [5, 5.41) is 3.42. The van der Waals surface area contributed by atoms with Crippen molar-refractivity contribution in [1.29, 1.82) is 0 Å². The third kappa shape index (κ3) is 7.28. The Morgan fingerprint density at radius 3 is 2.00 bits per heavy atom. The van der Waals surface area contributed by atoms with Gasteiger partial charge < -0.3 is 10.2 Å². The Balaban J connectivity index is 2.34. The van der Waals surface area contributed by atoms with Gasteiger partial charge in [-0.25, -0.2) is 0 Å². The Labute approximate surface area is 120 Å². The molecule has 0 saturated carbocycles. The van der Waals surface area contributed by atoms with Gasteiger partial charge in [-0.3, -0.25) is 4.90 Å². The molecular formula is C16H35N3. The van der Waals surface area contributed by atoms with Crippen molar-refractivity contribution >= 4 is 0 Å². The molecule has 0 aromatic carbocycles. The monoisotopic (exact) mass is 269 g/mol. The predicted molar refractivity (Wildman–Crippen MR) is 84.6 cm³/mol. The molecule has 0 atom stereocenters. The van der Waals surface area contributed by atoms with E-state index in [1.54, 1.807) is 0 Å². The summed E-state index contributed by atoms with van der Waals surface area (Å²) >= 11 is 0. The Hall–Kier alpha value is -0.120. The molecule has 1 aliphatic heterocycles. The Bertz CT molecular complexity index is 212. The van der Waals surface area contributed by atoms with Gasteiger partial charge in [0.1, 0.15) is 0 Å². The largest absolute Gasteiger partial charge is 0.314 e. The van der Waals surface area contributed by atoms with Crippen molar-refractivity contribution in [2.75, 3.05) is 46.3 Å². The minimum atomic E-state index is 0.753. The van der Waals surface area contributed by atoms with Crippen molar-refractivity contribution in [3.63, 3.8) is 0 Å². The Kier molecular flexibility index (Phi) is 7.96. The van der Waals surface area contributed by atoms with E-state index >= 15 is 0 Å². The fourth-order valence-corrected chi connectivity index (χ4v) is 2.96. The first kappa shape index (κ1) is 16.9. The lowest BCUT2D eigenvalue weighted by atomic mass is 9.94. The van der Waals surface area contributed by atoms with Crippen LogP contribution in [0.25, 0.3) is 0 Å². The lowest BCUT2D eigenvalue weighted by molar-refractivity contribution is 0.150. The summed E-state index contributed by atoms with van der Waals surface area (Å²) in [6, 6.07) is 0.753. The quantitative estimate of drug-likeness (QED) is 0.729. The molecule has 19 heavy (non-hydrogen) atoms. The molecule has 1 fully saturated rings. The van der Waals surface area contributed by atoms with Gasteiger partial charge >= 0.3 is 0 Å². The maximum absolute atomic E-state index is 3.42. The van der Waals surface area contributed by atoms with E-state index in [2.05, 4.69) is 49.9 Å².